The molecule has 1 aromatic rings. The van der Waals surface area contributed by atoms with E-state index < -0.39 is 11.9 Å². The number of amides is 2. The zero-order valence-electron chi connectivity index (χ0n) is 17.1. The molecule has 1 saturated heterocycles. The van der Waals surface area contributed by atoms with Crippen LogP contribution in [0.25, 0.3) is 0 Å². The number of allylic oxidation sites excluding steroid dienone is 1. The number of nitriles is 1. The van der Waals surface area contributed by atoms with Crippen molar-refractivity contribution in [1.82, 2.24) is 10.2 Å². The van der Waals surface area contributed by atoms with Gasteiger partial charge < -0.3 is 15.0 Å². The summed E-state index contributed by atoms with van der Waals surface area (Å²) in [6.45, 7) is 2.81. The first-order chi connectivity index (χ1) is 14.4. The molecular weight excluding hydrogens is 402 g/mol. The molecule has 2 aliphatic rings. The van der Waals surface area contributed by atoms with Crippen LogP contribution in [0.1, 0.15) is 54.4 Å². The molecule has 1 N–H and O–H groups in total. The van der Waals surface area contributed by atoms with E-state index in [0.29, 0.717) is 16.2 Å². The molecule has 0 radical (unpaired) electrons. The first-order valence-corrected chi connectivity index (χ1v) is 11.0. The van der Waals surface area contributed by atoms with E-state index in [-0.39, 0.29) is 30.0 Å². The highest BCUT2D eigenvalue weighted by Gasteiger charge is 2.31. The molecule has 2 heterocycles. The average Bonchev–Trinajstić information content (AvgIpc) is 2.77. The standard InChI is InChI=1S/C22H25N3O4S/c1-14-5-3-4-10-25(14)20(27)13-30-21-18(12-23)17(11-19(26)24-21)15-6-8-16(9-7-15)22(28)29-2/h6-9,14,17H,3-5,10-11,13H2,1-2H3,(H,24,26)/t14-,17+/m0/s1. The number of nitrogens with one attached hydrogen (secondary N) is 1. The van der Waals surface area contributed by atoms with Gasteiger partial charge in [-0.05, 0) is 43.9 Å². The van der Waals surface area contributed by atoms with E-state index in [4.69, 9.17) is 4.74 Å². The number of carbonyl (C=O) groups is 3. The van der Waals surface area contributed by atoms with Crippen molar-refractivity contribution >= 4 is 29.5 Å². The fourth-order valence-electron chi connectivity index (χ4n) is 3.87. The zero-order chi connectivity index (χ0) is 21.7. The van der Waals surface area contributed by atoms with Gasteiger partial charge in [0.2, 0.25) is 11.8 Å². The average molecular weight is 428 g/mol. The maximum atomic E-state index is 12.7. The molecule has 0 aliphatic carbocycles. The Morgan fingerprint density at radius 3 is 2.67 bits per heavy atom. The molecule has 0 spiro atoms. The Morgan fingerprint density at radius 1 is 1.30 bits per heavy atom. The number of piperidine rings is 1. The normalized spacial score (nSPS) is 21.6. The summed E-state index contributed by atoms with van der Waals surface area (Å²) in [5.74, 6) is -0.852. The Bertz CT molecular complexity index is 904. The molecule has 0 aromatic heterocycles. The van der Waals surface area contributed by atoms with Crippen LogP contribution in [0.4, 0.5) is 0 Å². The van der Waals surface area contributed by atoms with E-state index in [0.717, 1.165) is 31.4 Å². The smallest absolute Gasteiger partial charge is 0.337 e. The summed E-state index contributed by atoms with van der Waals surface area (Å²) in [7, 11) is 1.31. The third-order valence-electron chi connectivity index (χ3n) is 5.55. The van der Waals surface area contributed by atoms with E-state index in [1.165, 1.54) is 18.9 Å². The van der Waals surface area contributed by atoms with E-state index in [9.17, 15) is 19.6 Å². The second-order valence-corrected chi connectivity index (χ2v) is 8.48. The molecule has 2 amide bonds. The SMILES string of the molecule is COC(=O)c1ccc([C@H]2CC(=O)NC(SCC(=O)N3CCCC[C@@H]3C)=C2C#N)cc1. The Morgan fingerprint density at radius 2 is 2.03 bits per heavy atom. The molecule has 1 aromatic carbocycles. The summed E-state index contributed by atoms with van der Waals surface area (Å²) in [4.78, 5) is 38.5. The summed E-state index contributed by atoms with van der Waals surface area (Å²) in [6.07, 6.45) is 3.28. The molecule has 30 heavy (non-hydrogen) atoms. The van der Waals surface area contributed by atoms with Gasteiger partial charge in [0.05, 0.1) is 35.1 Å². The fourth-order valence-corrected chi connectivity index (χ4v) is 4.84. The fraction of sp³-hybridized carbons (Fsp3) is 0.455. The predicted molar refractivity (Wildman–Crippen MR) is 113 cm³/mol. The summed E-state index contributed by atoms with van der Waals surface area (Å²) in [5.41, 5.74) is 1.60. The largest absolute Gasteiger partial charge is 0.465 e. The number of nitrogens with zero attached hydrogens (tertiary/aromatic N) is 2. The molecule has 2 atom stereocenters. The number of methoxy groups -OCH3 is 1. The Labute approximate surface area is 180 Å². The topological polar surface area (TPSA) is 99.5 Å². The second kappa shape index (κ2) is 9.81. The lowest BCUT2D eigenvalue weighted by atomic mass is 9.87. The lowest BCUT2D eigenvalue weighted by molar-refractivity contribution is -0.131. The van der Waals surface area contributed by atoms with Crippen LogP contribution in [-0.2, 0) is 14.3 Å². The number of thioether (sulfide) groups is 1. The van der Waals surface area contributed by atoms with Crippen LogP contribution in [-0.4, -0.2) is 48.1 Å². The first kappa shape index (κ1) is 21.9. The van der Waals surface area contributed by atoms with E-state index in [1.54, 1.807) is 24.3 Å². The summed E-state index contributed by atoms with van der Waals surface area (Å²) in [5, 5.41) is 13.0. The van der Waals surface area contributed by atoms with Crippen molar-refractivity contribution in [3.05, 3.63) is 46.0 Å². The number of rotatable bonds is 5. The number of hydrogen-bond donors (Lipinski definition) is 1. The van der Waals surface area contributed by atoms with Crippen LogP contribution in [0, 0.1) is 11.3 Å². The van der Waals surface area contributed by atoms with Crippen LogP contribution in [0.3, 0.4) is 0 Å². The highest BCUT2D eigenvalue weighted by molar-refractivity contribution is 8.03. The van der Waals surface area contributed by atoms with Crippen molar-refractivity contribution in [2.75, 3.05) is 19.4 Å². The van der Waals surface area contributed by atoms with Crippen LogP contribution in [0.15, 0.2) is 34.9 Å². The highest BCUT2D eigenvalue weighted by atomic mass is 32.2. The van der Waals surface area contributed by atoms with Crippen LogP contribution in [0.5, 0.6) is 0 Å². The molecular formula is C22H25N3O4S. The maximum absolute atomic E-state index is 12.7. The Balaban J connectivity index is 1.78. The van der Waals surface area contributed by atoms with E-state index in [1.807, 2.05) is 4.90 Å². The van der Waals surface area contributed by atoms with Gasteiger partial charge in [-0.15, -0.1) is 0 Å². The van der Waals surface area contributed by atoms with E-state index >= 15 is 0 Å². The monoisotopic (exact) mass is 427 g/mol. The number of hydrogen-bond acceptors (Lipinski definition) is 6. The number of ether oxygens (including phenoxy) is 1. The van der Waals surface area contributed by atoms with Crippen molar-refractivity contribution in [1.29, 1.82) is 5.26 Å². The number of benzene rings is 1. The first-order valence-electron chi connectivity index (χ1n) is 9.99. The van der Waals surface area contributed by atoms with Gasteiger partial charge in [0.15, 0.2) is 0 Å². The number of likely N-dealkylation sites (tertiary alicyclic amines) is 1. The maximum Gasteiger partial charge on any atom is 0.337 e. The van der Waals surface area contributed by atoms with Gasteiger partial charge >= 0.3 is 5.97 Å². The molecule has 7 nitrogen and oxygen atoms in total. The molecule has 3 rings (SSSR count). The molecule has 8 heteroatoms. The van der Waals surface area contributed by atoms with Gasteiger partial charge in [-0.1, -0.05) is 23.9 Å². The van der Waals surface area contributed by atoms with Gasteiger partial charge in [0.1, 0.15) is 0 Å². The van der Waals surface area contributed by atoms with Crippen molar-refractivity contribution < 1.29 is 19.1 Å². The molecule has 0 unspecified atom stereocenters. The highest BCUT2D eigenvalue weighted by Crippen LogP contribution is 2.36. The molecule has 0 bridgehead atoms. The van der Waals surface area contributed by atoms with Gasteiger partial charge in [0.25, 0.3) is 0 Å². The quantitative estimate of drug-likeness (QED) is 0.726. The minimum absolute atomic E-state index is 0.0239. The van der Waals surface area contributed by atoms with Crippen LogP contribution in [0.2, 0.25) is 0 Å². The number of carbonyl (C=O) groups excluding carboxylic acids is 3. The summed E-state index contributed by atoms with van der Waals surface area (Å²) < 4.78 is 4.71. The molecule has 2 aliphatic heterocycles. The molecule has 158 valence electrons. The Kier molecular flexibility index (Phi) is 7.16. The minimum Gasteiger partial charge on any atom is -0.465 e. The minimum atomic E-state index is -0.444. The summed E-state index contributed by atoms with van der Waals surface area (Å²) in [6, 6.07) is 9.14. The molecule has 0 saturated carbocycles. The lowest BCUT2D eigenvalue weighted by Crippen LogP contribution is -2.43. The van der Waals surface area contributed by atoms with Crippen molar-refractivity contribution in [3.8, 4) is 6.07 Å². The van der Waals surface area contributed by atoms with Crippen LogP contribution >= 0.6 is 11.8 Å². The number of esters is 1. The van der Waals surface area contributed by atoms with Gasteiger partial charge in [-0.25, -0.2) is 4.79 Å². The lowest BCUT2D eigenvalue weighted by Gasteiger charge is -2.33. The zero-order valence-corrected chi connectivity index (χ0v) is 18.0. The van der Waals surface area contributed by atoms with Gasteiger partial charge in [-0.2, -0.15) is 5.26 Å². The summed E-state index contributed by atoms with van der Waals surface area (Å²) >= 11 is 1.21. The van der Waals surface area contributed by atoms with Crippen molar-refractivity contribution in [2.24, 2.45) is 0 Å². The third kappa shape index (κ3) is 4.85. The van der Waals surface area contributed by atoms with Crippen molar-refractivity contribution in [2.45, 2.75) is 44.6 Å². The van der Waals surface area contributed by atoms with Crippen molar-refractivity contribution in [3.63, 3.8) is 0 Å². The van der Waals surface area contributed by atoms with Gasteiger partial charge in [-0.3, -0.25) is 9.59 Å². The molecule has 1 fully saturated rings. The van der Waals surface area contributed by atoms with Crippen LogP contribution < -0.4 is 5.32 Å². The Hall–Kier alpha value is -2.79. The predicted octanol–water partition coefficient (Wildman–Crippen LogP) is 2.95. The van der Waals surface area contributed by atoms with E-state index in [2.05, 4.69) is 18.3 Å². The third-order valence-corrected chi connectivity index (χ3v) is 6.56. The van der Waals surface area contributed by atoms with Gasteiger partial charge in [0, 0.05) is 24.9 Å². The second-order valence-electron chi connectivity index (χ2n) is 7.49.